The predicted molar refractivity (Wildman–Crippen MR) is 59.8 cm³/mol. The molecule has 0 aromatic rings. The van der Waals surface area contributed by atoms with E-state index in [1.54, 1.807) is 0 Å². The molecule has 0 rings (SSSR count). The molecule has 85 valence electrons. The topological polar surface area (TPSA) is 18.5 Å². The van der Waals surface area contributed by atoms with E-state index in [-0.39, 0.29) is 6.29 Å². The van der Waals surface area contributed by atoms with Crippen LogP contribution in [0.2, 0.25) is 0 Å². The first kappa shape index (κ1) is 13.9. The highest BCUT2D eigenvalue weighted by molar-refractivity contribution is 4.52. The lowest BCUT2D eigenvalue weighted by molar-refractivity contribution is -0.126. The average Bonchev–Trinajstić information content (AvgIpc) is 2.18. The summed E-state index contributed by atoms with van der Waals surface area (Å²) in [5.41, 5.74) is 0. The summed E-state index contributed by atoms with van der Waals surface area (Å²) in [6.45, 7) is 9.17. The van der Waals surface area contributed by atoms with Crippen molar-refractivity contribution < 1.29 is 9.47 Å². The van der Waals surface area contributed by atoms with Crippen LogP contribution in [0, 0.1) is 6.61 Å². The molecule has 14 heavy (non-hydrogen) atoms. The quantitative estimate of drug-likeness (QED) is 0.394. The van der Waals surface area contributed by atoms with Crippen LogP contribution < -0.4 is 0 Å². The molecule has 0 heterocycles. The summed E-state index contributed by atoms with van der Waals surface area (Å²) in [7, 11) is 0. The van der Waals surface area contributed by atoms with Crippen LogP contribution in [-0.4, -0.2) is 12.9 Å². The third-order valence-corrected chi connectivity index (χ3v) is 1.98. The zero-order chi connectivity index (χ0) is 10.6. The number of hydrogen-bond donors (Lipinski definition) is 0. The minimum Gasteiger partial charge on any atom is -0.353 e. The van der Waals surface area contributed by atoms with Crippen LogP contribution in [0.1, 0.15) is 59.3 Å². The molecule has 0 bridgehead atoms. The molecule has 0 aliphatic rings. The van der Waals surface area contributed by atoms with Crippen LogP contribution >= 0.6 is 0 Å². The third-order valence-electron chi connectivity index (χ3n) is 1.98. The van der Waals surface area contributed by atoms with Crippen LogP contribution in [0.5, 0.6) is 0 Å². The van der Waals surface area contributed by atoms with Gasteiger partial charge in [0.2, 0.25) is 0 Å². The number of ether oxygens (including phenoxy) is 2. The molecule has 2 nitrogen and oxygen atoms in total. The van der Waals surface area contributed by atoms with E-state index in [1.807, 2.05) is 6.61 Å². The Morgan fingerprint density at radius 3 is 2.43 bits per heavy atom. The second-order valence-electron chi connectivity index (χ2n) is 3.53. The lowest BCUT2D eigenvalue weighted by atomic mass is 10.3. The van der Waals surface area contributed by atoms with Gasteiger partial charge in [0.1, 0.15) is 0 Å². The molecule has 0 aromatic heterocycles. The Labute approximate surface area is 89.0 Å². The number of unbranched alkanes of at least 4 members (excludes halogenated alkanes) is 2. The van der Waals surface area contributed by atoms with Crippen molar-refractivity contribution in [1.82, 2.24) is 0 Å². The Hall–Kier alpha value is -0.0800. The lowest BCUT2D eigenvalue weighted by Crippen LogP contribution is -2.16. The molecule has 0 saturated heterocycles. The maximum Gasteiger partial charge on any atom is 0.158 e. The summed E-state index contributed by atoms with van der Waals surface area (Å²) in [6.07, 6.45) is 6.53. The molecule has 0 aromatic carbocycles. The summed E-state index contributed by atoms with van der Waals surface area (Å²) in [5, 5.41) is 0. The summed E-state index contributed by atoms with van der Waals surface area (Å²) >= 11 is 0. The molecule has 1 unspecified atom stereocenters. The van der Waals surface area contributed by atoms with E-state index in [2.05, 4.69) is 20.8 Å². The van der Waals surface area contributed by atoms with Gasteiger partial charge in [0.25, 0.3) is 0 Å². The van der Waals surface area contributed by atoms with Crippen LogP contribution in [0.3, 0.4) is 0 Å². The number of rotatable bonds is 10. The van der Waals surface area contributed by atoms with E-state index < -0.39 is 0 Å². The fourth-order valence-corrected chi connectivity index (χ4v) is 1.08. The normalized spacial score (nSPS) is 11.1. The Morgan fingerprint density at radius 1 is 1.07 bits per heavy atom. The molecule has 1 atom stereocenters. The van der Waals surface area contributed by atoms with Crippen molar-refractivity contribution in [3.8, 4) is 0 Å². The SMILES string of the molecule is CCC[CH]OC(CCC)OCCCC. The lowest BCUT2D eigenvalue weighted by Gasteiger charge is -2.17. The maximum absolute atomic E-state index is 5.62. The van der Waals surface area contributed by atoms with Gasteiger partial charge in [-0.2, -0.15) is 0 Å². The van der Waals surface area contributed by atoms with Crippen molar-refractivity contribution in [3.05, 3.63) is 6.61 Å². The van der Waals surface area contributed by atoms with Crippen LogP contribution in [0.4, 0.5) is 0 Å². The molecule has 0 amide bonds. The second kappa shape index (κ2) is 11.0. The minimum atomic E-state index is -0.0156. The molecule has 0 spiro atoms. The molecule has 0 N–H and O–H groups in total. The van der Waals surface area contributed by atoms with E-state index in [4.69, 9.17) is 9.47 Å². The van der Waals surface area contributed by atoms with Crippen LogP contribution in [-0.2, 0) is 9.47 Å². The fraction of sp³-hybridized carbons (Fsp3) is 0.917. The monoisotopic (exact) mass is 201 g/mol. The van der Waals surface area contributed by atoms with Gasteiger partial charge in [0, 0.05) is 6.61 Å². The highest BCUT2D eigenvalue weighted by atomic mass is 16.7. The maximum atomic E-state index is 5.62. The first-order chi connectivity index (χ1) is 6.85. The first-order valence-electron chi connectivity index (χ1n) is 5.93. The molecule has 0 aliphatic carbocycles. The molecular formula is C12H25O2. The number of hydrogen-bond acceptors (Lipinski definition) is 2. The van der Waals surface area contributed by atoms with E-state index in [0.717, 1.165) is 38.7 Å². The van der Waals surface area contributed by atoms with Gasteiger partial charge in [-0.1, -0.05) is 40.0 Å². The average molecular weight is 201 g/mol. The Bertz CT molecular complexity index is 94.5. The van der Waals surface area contributed by atoms with E-state index in [0.29, 0.717) is 0 Å². The van der Waals surface area contributed by atoms with Gasteiger partial charge in [-0.3, -0.25) is 0 Å². The largest absolute Gasteiger partial charge is 0.353 e. The first-order valence-corrected chi connectivity index (χ1v) is 5.93. The highest BCUT2D eigenvalue weighted by Crippen LogP contribution is 2.08. The van der Waals surface area contributed by atoms with Gasteiger partial charge in [-0.15, -0.1) is 0 Å². The Kier molecular flexibility index (Phi) is 10.9. The third kappa shape index (κ3) is 8.52. The summed E-state index contributed by atoms with van der Waals surface area (Å²) < 4.78 is 11.1. The fourth-order valence-electron chi connectivity index (χ4n) is 1.08. The molecule has 0 fully saturated rings. The van der Waals surface area contributed by atoms with Gasteiger partial charge >= 0.3 is 0 Å². The Balaban J connectivity index is 3.44. The van der Waals surface area contributed by atoms with Crippen molar-refractivity contribution in [2.24, 2.45) is 0 Å². The predicted octanol–water partition coefficient (Wildman–Crippen LogP) is 3.91. The highest BCUT2D eigenvalue weighted by Gasteiger charge is 2.07. The van der Waals surface area contributed by atoms with Crippen LogP contribution in [0.15, 0.2) is 0 Å². The van der Waals surface area contributed by atoms with Gasteiger partial charge in [-0.05, 0) is 19.3 Å². The van der Waals surface area contributed by atoms with Gasteiger partial charge in [0.05, 0.1) is 6.61 Å². The van der Waals surface area contributed by atoms with Crippen molar-refractivity contribution in [2.75, 3.05) is 6.61 Å². The van der Waals surface area contributed by atoms with Gasteiger partial charge in [0.15, 0.2) is 6.29 Å². The summed E-state index contributed by atoms with van der Waals surface area (Å²) in [5.74, 6) is 0. The molecule has 0 aliphatic heterocycles. The van der Waals surface area contributed by atoms with E-state index in [9.17, 15) is 0 Å². The van der Waals surface area contributed by atoms with Crippen molar-refractivity contribution in [1.29, 1.82) is 0 Å². The van der Waals surface area contributed by atoms with Gasteiger partial charge < -0.3 is 9.47 Å². The van der Waals surface area contributed by atoms with Gasteiger partial charge in [-0.25, -0.2) is 0 Å². The van der Waals surface area contributed by atoms with E-state index >= 15 is 0 Å². The standard InChI is InChI=1S/C12H25O2/c1-4-7-10-13-12(9-6-3)14-11-8-5-2/h10,12H,4-9,11H2,1-3H3. The molecular weight excluding hydrogens is 176 g/mol. The molecule has 0 saturated carbocycles. The van der Waals surface area contributed by atoms with Crippen molar-refractivity contribution in [2.45, 2.75) is 65.6 Å². The second-order valence-corrected chi connectivity index (χ2v) is 3.53. The summed E-state index contributed by atoms with van der Waals surface area (Å²) in [4.78, 5) is 0. The smallest absolute Gasteiger partial charge is 0.158 e. The summed E-state index contributed by atoms with van der Waals surface area (Å²) in [6, 6.07) is 0. The minimum absolute atomic E-state index is 0.0156. The Morgan fingerprint density at radius 2 is 1.86 bits per heavy atom. The molecule has 2 heteroatoms. The van der Waals surface area contributed by atoms with Crippen LogP contribution in [0.25, 0.3) is 0 Å². The van der Waals surface area contributed by atoms with E-state index in [1.165, 1.54) is 6.42 Å². The molecule has 1 radical (unpaired) electrons. The zero-order valence-corrected chi connectivity index (χ0v) is 9.92. The van der Waals surface area contributed by atoms with Crippen molar-refractivity contribution >= 4 is 0 Å². The zero-order valence-electron chi connectivity index (χ0n) is 9.92. The van der Waals surface area contributed by atoms with Crippen molar-refractivity contribution in [3.63, 3.8) is 0 Å².